The molecule has 1 fully saturated rings. The van der Waals surface area contributed by atoms with Gasteiger partial charge in [-0.1, -0.05) is 43.7 Å². The van der Waals surface area contributed by atoms with Gasteiger partial charge in [-0.2, -0.15) is 0 Å². The number of benzene rings is 1. The number of rotatable bonds is 6. The van der Waals surface area contributed by atoms with E-state index in [-0.39, 0.29) is 11.5 Å². The molecule has 1 aliphatic carbocycles. The topological polar surface area (TPSA) is 29.9 Å². The minimum atomic E-state index is 0.201. The van der Waals surface area contributed by atoms with E-state index < -0.39 is 0 Å². The van der Waals surface area contributed by atoms with Crippen molar-refractivity contribution in [1.29, 1.82) is 0 Å². The molecule has 1 aliphatic rings. The molecule has 3 rings (SSSR count). The van der Waals surface area contributed by atoms with Gasteiger partial charge in [0.15, 0.2) is 0 Å². The van der Waals surface area contributed by atoms with Gasteiger partial charge in [0.05, 0.1) is 6.04 Å². The van der Waals surface area contributed by atoms with Crippen molar-refractivity contribution in [2.45, 2.75) is 50.6 Å². The number of nitrogens with one attached hydrogen (secondary N) is 1. The van der Waals surface area contributed by atoms with Crippen molar-refractivity contribution >= 4 is 0 Å². The first-order chi connectivity index (χ1) is 10.3. The maximum atomic E-state index is 4.68. The summed E-state index contributed by atoms with van der Waals surface area (Å²) in [5.74, 6) is 1.18. The molecule has 1 atom stereocenters. The van der Waals surface area contributed by atoms with E-state index >= 15 is 0 Å². The molecule has 1 heterocycles. The standard InChI is InChI=1S/C18H25N3/c1-3-13-21-14-12-20-17(21)16(19-2)18(10-7-11-18)15-8-5-4-6-9-15/h4-6,8-9,12,14,16,19H,3,7,10-11,13H2,1-2H3. The Hall–Kier alpha value is -1.61. The van der Waals surface area contributed by atoms with Gasteiger partial charge in [-0.25, -0.2) is 4.98 Å². The Morgan fingerprint density at radius 2 is 2.05 bits per heavy atom. The first-order valence-corrected chi connectivity index (χ1v) is 8.05. The van der Waals surface area contributed by atoms with Gasteiger partial charge in [0.2, 0.25) is 0 Å². The normalized spacial score (nSPS) is 18.2. The minimum absolute atomic E-state index is 0.201. The number of imidazole rings is 1. The van der Waals surface area contributed by atoms with Gasteiger partial charge in [-0.05, 0) is 31.9 Å². The monoisotopic (exact) mass is 283 g/mol. The van der Waals surface area contributed by atoms with Crippen molar-refractivity contribution in [2.75, 3.05) is 7.05 Å². The van der Waals surface area contributed by atoms with Crippen LogP contribution in [0.15, 0.2) is 42.7 Å². The van der Waals surface area contributed by atoms with E-state index in [0.29, 0.717) is 0 Å². The average Bonchev–Trinajstić information content (AvgIpc) is 2.92. The lowest BCUT2D eigenvalue weighted by atomic mass is 9.60. The van der Waals surface area contributed by atoms with E-state index in [9.17, 15) is 0 Å². The Morgan fingerprint density at radius 3 is 2.62 bits per heavy atom. The van der Waals surface area contributed by atoms with Crippen molar-refractivity contribution in [1.82, 2.24) is 14.9 Å². The minimum Gasteiger partial charge on any atom is -0.334 e. The smallest absolute Gasteiger partial charge is 0.126 e. The fraction of sp³-hybridized carbons (Fsp3) is 0.500. The zero-order valence-corrected chi connectivity index (χ0v) is 13.0. The SMILES string of the molecule is CCCn1ccnc1C(NC)C1(c2ccccc2)CCC1. The third-order valence-corrected chi connectivity index (χ3v) is 4.91. The molecule has 0 bridgehead atoms. The van der Waals surface area contributed by atoms with Crippen molar-refractivity contribution in [3.05, 3.63) is 54.1 Å². The van der Waals surface area contributed by atoms with Crippen molar-refractivity contribution < 1.29 is 0 Å². The summed E-state index contributed by atoms with van der Waals surface area (Å²) < 4.78 is 2.31. The van der Waals surface area contributed by atoms with E-state index in [0.717, 1.165) is 13.0 Å². The molecule has 1 aromatic heterocycles. The molecular formula is C18H25N3. The molecular weight excluding hydrogens is 258 g/mol. The third-order valence-electron chi connectivity index (χ3n) is 4.91. The number of likely N-dealkylation sites (N-methyl/N-ethyl adjacent to an activating group) is 1. The van der Waals surface area contributed by atoms with E-state index in [4.69, 9.17) is 0 Å². The van der Waals surface area contributed by atoms with Crippen LogP contribution in [0, 0.1) is 0 Å². The predicted molar refractivity (Wildman–Crippen MR) is 86.3 cm³/mol. The van der Waals surface area contributed by atoms with E-state index in [1.54, 1.807) is 0 Å². The van der Waals surface area contributed by atoms with Crippen LogP contribution in [0.1, 0.15) is 50.0 Å². The van der Waals surface area contributed by atoms with Crippen LogP contribution < -0.4 is 5.32 Å². The second kappa shape index (κ2) is 6.02. The highest BCUT2D eigenvalue weighted by Crippen LogP contribution is 2.51. The van der Waals surface area contributed by atoms with Crippen molar-refractivity contribution in [3.63, 3.8) is 0 Å². The lowest BCUT2D eigenvalue weighted by molar-refractivity contribution is 0.167. The van der Waals surface area contributed by atoms with Gasteiger partial charge in [0, 0.05) is 24.4 Å². The molecule has 1 saturated carbocycles. The molecule has 3 nitrogen and oxygen atoms in total. The molecule has 0 saturated heterocycles. The lowest BCUT2D eigenvalue weighted by Crippen LogP contribution is -2.46. The predicted octanol–water partition coefficient (Wildman–Crippen LogP) is 3.68. The second-order valence-corrected chi connectivity index (χ2v) is 6.08. The van der Waals surface area contributed by atoms with Crippen LogP contribution in [0.25, 0.3) is 0 Å². The van der Waals surface area contributed by atoms with Gasteiger partial charge in [-0.3, -0.25) is 0 Å². The summed E-state index contributed by atoms with van der Waals surface area (Å²) in [5.41, 5.74) is 1.65. The summed E-state index contributed by atoms with van der Waals surface area (Å²) >= 11 is 0. The second-order valence-electron chi connectivity index (χ2n) is 6.08. The highest BCUT2D eigenvalue weighted by molar-refractivity contribution is 5.32. The van der Waals surface area contributed by atoms with E-state index in [1.807, 2.05) is 6.20 Å². The first-order valence-electron chi connectivity index (χ1n) is 8.05. The number of aryl methyl sites for hydroxylation is 1. The largest absolute Gasteiger partial charge is 0.334 e. The Bertz CT molecular complexity index is 569. The number of hydrogen-bond donors (Lipinski definition) is 1. The van der Waals surface area contributed by atoms with Crippen LogP contribution in [0.2, 0.25) is 0 Å². The molecule has 0 aliphatic heterocycles. The maximum absolute atomic E-state index is 4.68. The van der Waals surface area contributed by atoms with Crippen LogP contribution in [0.3, 0.4) is 0 Å². The fourth-order valence-electron chi connectivity index (χ4n) is 3.74. The van der Waals surface area contributed by atoms with Crippen LogP contribution in [0.5, 0.6) is 0 Å². The van der Waals surface area contributed by atoms with Gasteiger partial charge in [-0.15, -0.1) is 0 Å². The van der Waals surface area contributed by atoms with E-state index in [1.165, 1.54) is 30.7 Å². The summed E-state index contributed by atoms with van der Waals surface area (Å²) in [5, 5.41) is 3.56. The Labute approximate surface area is 127 Å². The molecule has 3 heteroatoms. The summed E-state index contributed by atoms with van der Waals surface area (Å²) in [6.45, 7) is 3.26. The first kappa shape index (κ1) is 14.3. The zero-order valence-electron chi connectivity index (χ0n) is 13.0. The molecule has 1 aromatic carbocycles. The van der Waals surface area contributed by atoms with Gasteiger partial charge in [0.25, 0.3) is 0 Å². The third kappa shape index (κ3) is 2.40. The number of hydrogen-bond acceptors (Lipinski definition) is 2. The summed E-state index contributed by atoms with van der Waals surface area (Å²) in [6.07, 6.45) is 8.97. The van der Waals surface area contributed by atoms with Gasteiger partial charge < -0.3 is 9.88 Å². The molecule has 0 amide bonds. The molecule has 0 spiro atoms. The quantitative estimate of drug-likeness (QED) is 0.876. The van der Waals surface area contributed by atoms with Crippen LogP contribution in [0.4, 0.5) is 0 Å². The molecule has 21 heavy (non-hydrogen) atoms. The molecule has 1 N–H and O–H groups in total. The summed E-state index contributed by atoms with van der Waals surface area (Å²) in [4.78, 5) is 4.68. The molecule has 1 unspecified atom stereocenters. The Balaban J connectivity index is 2.00. The van der Waals surface area contributed by atoms with Crippen LogP contribution in [-0.4, -0.2) is 16.6 Å². The number of nitrogens with zero attached hydrogens (tertiary/aromatic N) is 2. The van der Waals surface area contributed by atoms with Crippen molar-refractivity contribution in [3.8, 4) is 0 Å². The number of aromatic nitrogens is 2. The highest BCUT2D eigenvalue weighted by Gasteiger charge is 2.47. The molecule has 2 aromatic rings. The Kier molecular flexibility index (Phi) is 4.11. The fourth-order valence-corrected chi connectivity index (χ4v) is 3.74. The maximum Gasteiger partial charge on any atom is 0.126 e. The van der Waals surface area contributed by atoms with E-state index in [2.05, 4.69) is 65.4 Å². The van der Waals surface area contributed by atoms with Gasteiger partial charge >= 0.3 is 0 Å². The van der Waals surface area contributed by atoms with Crippen LogP contribution in [-0.2, 0) is 12.0 Å². The molecule has 112 valence electrons. The molecule has 0 radical (unpaired) electrons. The summed E-state index contributed by atoms with van der Waals surface area (Å²) in [6, 6.07) is 11.2. The average molecular weight is 283 g/mol. The summed E-state index contributed by atoms with van der Waals surface area (Å²) in [7, 11) is 2.07. The van der Waals surface area contributed by atoms with Crippen molar-refractivity contribution in [2.24, 2.45) is 0 Å². The Morgan fingerprint density at radius 1 is 1.29 bits per heavy atom. The van der Waals surface area contributed by atoms with Gasteiger partial charge in [0.1, 0.15) is 5.82 Å². The lowest BCUT2D eigenvalue weighted by Gasteiger charge is -2.48. The highest BCUT2D eigenvalue weighted by atomic mass is 15.1. The zero-order chi connectivity index (χ0) is 14.7. The van der Waals surface area contributed by atoms with Crippen LogP contribution >= 0.6 is 0 Å².